The molecule has 0 bridgehead atoms. The average Bonchev–Trinajstić information content (AvgIpc) is 2.39. The molecule has 0 unspecified atom stereocenters. The van der Waals surface area contributed by atoms with Crippen LogP contribution in [0.15, 0.2) is 42.7 Å². The third-order valence-electron chi connectivity index (χ3n) is 2.60. The molecule has 0 atom stereocenters. The van der Waals surface area contributed by atoms with Crippen molar-refractivity contribution >= 4 is 17.6 Å². The minimum Gasteiger partial charge on any atom is -0.507 e. The summed E-state index contributed by atoms with van der Waals surface area (Å²) in [5, 5.41) is 20.9. The van der Waals surface area contributed by atoms with Gasteiger partial charge in [0.05, 0.1) is 6.42 Å². The zero-order valence-corrected chi connectivity index (χ0v) is 10.4. The summed E-state index contributed by atoms with van der Waals surface area (Å²) in [5.74, 6) is -1.90. The fourth-order valence-electron chi connectivity index (χ4n) is 1.68. The number of anilines is 1. The number of hydrogen-bond acceptors (Lipinski definition) is 4. The topological polar surface area (TPSA) is 99.5 Å². The Balaban J connectivity index is 2.05. The van der Waals surface area contributed by atoms with Crippen molar-refractivity contribution in [3.8, 4) is 5.75 Å². The van der Waals surface area contributed by atoms with Gasteiger partial charge in [0.15, 0.2) is 0 Å². The van der Waals surface area contributed by atoms with Crippen molar-refractivity contribution in [1.82, 2.24) is 4.98 Å². The number of aromatic hydroxyl groups is 1. The van der Waals surface area contributed by atoms with Crippen LogP contribution < -0.4 is 5.32 Å². The first-order valence-electron chi connectivity index (χ1n) is 5.81. The highest BCUT2D eigenvalue weighted by atomic mass is 16.4. The average molecular weight is 272 g/mol. The van der Waals surface area contributed by atoms with Gasteiger partial charge in [-0.1, -0.05) is 6.07 Å². The summed E-state index contributed by atoms with van der Waals surface area (Å²) in [6.07, 6.45) is 3.35. The normalized spacial score (nSPS) is 10.0. The number of carboxylic acids is 1. The highest BCUT2D eigenvalue weighted by molar-refractivity contribution is 5.95. The van der Waals surface area contributed by atoms with Crippen molar-refractivity contribution in [2.45, 2.75) is 6.42 Å². The number of nitrogens with zero attached hydrogens (tertiary/aromatic N) is 1. The molecule has 0 saturated carbocycles. The lowest BCUT2D eigenvalue weighted by molar-refractivity contribution is -0.115. The second kappa shape index (κ2) is 5.83. The predicted octanol–water partition coefficient (Wildman–Crippen LogP) is 1.67. The largest absolute Gasteiger partial charge is 0.507 e. The van der Waals surface area contributed by atoms with Gasteiger partial charge in [-0.15, -0.1) is 0 Å². The molecule has 0 aliphatic rings. The molecule has 2 rings (SSSR count). The van der Waals surface area contributed by atoms with Gasteiger partial charge in [0.1, 0.15) is 11.3 Å². The van der Waals surface area contributed by atoms with Gasteiger partial charge in [0.2, 0.25) is 5.91 Å². The molecular formula is C14H12N2O4. The number of hydrogen-bond donors (Lipinski definition) is 3. The van der Waals surface area contributed by atoms with E-state index in [4.69, 9.17) is 5.11 Å². The first-order valence-corrected chi connectivity index (χ1v) is 5.81. The van der Waals surface area contributed by atoms with E-state index in [-0.39, 0.29) is 17.9 Å². The molecule has 1 aromatic heterocycles. The SMILES string of the molecule is O=C(Cc1cccnc1)Nc1ccc(C(=O)O)c(O)c1. The Hall–Kier alpha value is -2.89. The zero-order valence-electron chi connectivity index (χ0n) is 10.4. The van der Waals surface area contributed by atoms with E-state index in [0.717, 1.165) is 5.56 Å². The van der Waals surface area contributed by atoms with Crippen molar-refractivity contribution in [1.29, 1.82) is 0 Å². The molecule has 1 heterocycles. The number of pyridine rings is 1. The van der Waals surface area contributed by atoms with Gasteiger partial charge in [0.25, 0.3) is 0 Å². The van der Waals surface area contributed by atoms with Gasteiger partial charge >= 0.3 is 5.97 Å². The Morgan fingerprint density at radius 3 is 2.65 bits per heavy atom. The van der Waals surface area contributed by atoms with E-state index in [1.807, 2.05) is 0 Å². The van der Waals surface area contributed by atoms with Crippen molar-refractivity contribution in [2.75, 3.05) is 5.32 Å². The van der Waals surface area contributed by atoms with Gasteiger partial charge in [0, 0.05) is 24.1 Å². The summed E-state index contributed by atoms with van der Waals surface area (Å²) in [6.45, 7) is 0. The molecule has 0 spiro atoms. The van der Waals surface area contributed by atoms with Crippen molar-refractivity contribution in [3.63, 3.8) is 0 Å². The number of nitrogens with one attached hydrogen (secondary N) is 1. The Labute approximate surface area is 114 Å². The number of aromatic carboxylic acids is 1. The number of carboxylic acid groups (broad SMARTS) is 1. The third kappa shape index (κ3) is 3.32. The maximum atomic E-state index is 11.8. The molecule has 0 radical (unpaired) electrons. The zero-order chi connectivity index (χ0) is 14.5. The summed E-state index contributed by atoms with van der Waals surface area (Å²) in [5.41, 5.74) is 0.882. The molecule has 1 amide bonds. The minimum absolute atomic E-state index is 0.148. The molecule has 6 heteroatoms. The van der Waals surface area contributed by atoms with E-state index in [1.54, 1.807) is 24.5 Å². The van der Waals surface area contributed by atoms with Crippen LogP contribution in [0.25, 0.3) is 0 Å². The fraction of sp³-hybridized carbons (Fsp3) is 0.0714. The lowest BCUT2D eigenvalue weighted by Gasteiger charge is -2.07. The number of aromatic nitrogens is 1. The molecule has 0 aliphatic heterocycles. The van der Waals surface area contributed by atoms with Crippen LogP contribution in [0.1, 0.15) is 15.9 Å². The van der Waals surface area contributed by atoms with E-state index in [9.17, 15) is 14.7 Å². The molecular weight excluding hydrogens is 260 g/mol. The van der Waals surface area contributed by atoms with Crippen LogP contribution in [0.3, 0.4) is 0 Å². The highest BCUT2D eigenvalue weighted by Crippen LogP contribution is 2.22. The van der Waals surface area contributed by atoms with Crippen molar-refractivity contribution < 1.29 is 19.8 Å². The second-order valence-electron chi connectivity index (χ2n) is 4.12. The lowest BCUT2D eigenvalue weighted by atomic mass is 10.1. The molecule has 0 aliphatic carbocycles. The molecule has 102 valence electrons. The Bertz CT molecular complexity index is 641. The van der Waals surface area contributed by atoms with Crippen LogP contribution in [0.4, 0.5) is 5.69 Å². The fourth-order valence-corrected chi connectivity index (χ4v) is 1.68. The summed E-state index contributed by atoms with van der Waals surface area (Å²) < 4.78 is 0. The van der Waals surface area contributed by atoms with Crippen LogP contribution >= 0.6 is 0 Å². The maximum Gasteiger partial charge on any atom is 0.339 e. The van der Waals surface area contributed by atoms with Gasteiger partial charge in [-0.3, -0.25) is 9.78 Å². The quantitative estimate of drug-likeness (QED) is 0.786. The van der Waals surface area contributed by atoms with E-state index in [2.05, 4.69) is 10.3 Å². The molecule has 2 aromatic rings. The predicted molar refractivity (Wildman–Crippen MR) is 71.6 cm³/mol. The van der Waals surface area contributed by atoms with Gasteiger partial charge < -0.3 is 15.5 Å². The van der Waals surface area contributed by atoms with Crippen LogP contribution in [0, 0.1) is 0 Å². The number of rotatable bonds is 4. The van der Waals surface area contributed by atoms with Crippen molar-refractivity contribution in [2.24, 2.45) is 0 Å². The van der Waals surface area contributed by atoms with Gasteiger partial charge in [-0.05, 0) is 23.8 Å². The third-order valence-corrected chi connectivity index (χ3v) is 2.60. The Morgan fingerprint density at radius 1 is 1.25 bits per heavy atom. The summed E-state index contributed by atoms with van der Waals surface area (Å²) in [6, 6.07) is 7.36. The van der Waals surface area contributed by atoms with Crippen LogP contribution in [-0.4, -0.2) is 27.1 Å². The van der Waals surface area contributed by atoms with Crippen LogP contribution in [-0.2, 0) is 11.2 Å². The summed E-state index contributed by atoms with van der Waals surface area (Å²) in [7, 11) is 0. The number of carbonyl (C=O) groups is 2. The molecule has 0 fully saturated rings. The van der Waals surface area contributed by atoms with Crippen LogP contribution in [0.5, 0.6) is 5.75 Å². The number of phenols is 1. The first-order chi connectivity index (χ1) is 9.56. The lowest BCUT2D eigenvalue weighted by Crippen LogP contribution is -2.14. The van der Waals surface area contributed by atoms with Crippen molar-refractivity contribution in [3.05, 3.63) is 53.9 Å². The minimum atomic E-state index is -1.23. The van der Waals surface area contributed by atoms with Crippen LogP contribution in [0.2, 0.25) is 0 Å². The molecule has 6 nitrogen and oxygen atoms in total. The monoisotopic (exact) mass is 272 g/mol. The van der Waals surface area contributed by atoms with E-state index in [0.29, 0.717) is 5.69 Å². The number of benzene rings is 1. The maximum absolute atomic E-state index is 11.8. The van der Waals surface area contributed by atoms with Gasteiger partial charge in [-0.2, -0.15) is 0 Å². The second-order valence-corrected chi connectivity index (χ2v) is 4.12. The Morgan fingerprint density at radius 2 is 2.05 bits per heavy atom. The molecule has 0 saturated heterocycles. The van der Waals surface area contributed by atoms with E-state index < -0.39 is 11.7 Å². The molecule has 1 aromatic carbocycles. The molecule has 3 N–H and O–H groups in total. The highest BCUT2D eigenvalue weighted by Gasteiger charge is 2.11. The molecule has 20 heavy (non-hydrogen) atoms. The summed E-state index contributed by atoms with van der Waals surface area (Å²) >= 11 is 0. The number of amides is 1. The first kappa shape index (κ1) is 13.5. The van der Waals surface area contributed by atoms with Gasteiger partial charge in [-0.25, -0.2) is 4.79 Å². The standard InChI is InChI=1S/C14H12N2O4/c17-12-7-10(3-4-11(12)14(19)20)16-13(18)6-9-2-1-5-15-8-9/h1-5,7-8,17H,6H2,(H,16,18)(H,19,20). The smallest absolute Gasteiger partial charge is 0.339 e. The van der Waals surface area contributed by atoms with E-state index >= 15 is 0 Å². The Kier molecular flexibility index (Phi) is 3.95. The van der Waals surface area contributed by atoms with E-state index in [1.165, 1.54) is 18.2 Å². The number of carbonyl (C=O) groups excluding carboxylic acids is 1. The summed E-state index contributed by atoms with van der Waals surface area (Å²) in [4.78, 5) is 26.4.